The minimum absolute atomic E-state index is 0.0942. The first-order valence-electron chi connectivity index (χ1n) is 7.08. The molecule has 25 heavy (non-hydrogen) atoms. The van der Waals surface area contributed by atoms with Crippen LogP contribution in [0.15, 0.2) is 42.0 Å². The summed E-state index contributed by atoms with van der Waals surface area (Å²) < 4.78 is 10.4. The predicted molar refractivity (Wildman–Crippen MR) is 98.2 cm³/mol. The molecule has 128 valence electrons. The number of nitrogens with one attached hydrogen (secondary N) is 1. The second kappa shape index (κ2) is 8.43. The molecule has 0 aliphatic rings. The number of benzene rings is 2. The molecule has 0 atom stereocenters. The van der Waals surface area contributed by atoms with Crippen LogP contribution in [-0.2, 0) is 4.79 Å². The van der Waals surface area contributed by atoms with Crippen LogP contribution in [0.1, 0.15) is 5.56 Å². The highest BCUT2D eigenvalue weighted by atomic mass is 35.5. The Labute approximate surface area is 155 Å². The Morgan fingerprint density at radius 1 is 1.12 bits per heavy atom. The van der Waals surface area contributed by atoms with Gasteiger partial charge in [-0.05, 0) is 42.0 Å². The second-order valence-electron chi connectivity index (χ2n) is 4.86. The quantitative estimate of drug-likeness (QED) is 0.613. The van der Waals surface area contributed by atoms with Crippen LogP contribution in [0.4, 0.5) is 5.69 Å². The minimum atomic E-state index is -0.596. The van der Waals surface area contributed by atoms with Crippen LogP contribution >= 0.6 is 23.2 Å². The van der Waals surface area contributed by atoms with Crippen molar-refractivity contribution in [1.82, 2.24) is 0 Å². The molecule has 0 aliphatic carbocycles. The summed E-state index contributed by atoms with van der Waals surface area (Å²) in [6.45, 7) is 0. The highest BCUT2D eigenvalue weighted by Gasteiger charge is 2.13. The van der Waals surface area contributed by atoms with E-state index in [9.17, 15) is 10.1 Å². The van der Waals surface area contributed by atoms with Crippen molar-refractivity contribution in [1.29, 1.82) is 5.26 Å². The van der Waals surface area contributed by atoms with Gasteiger partial charge in [0, 0.05) is 5.02 Å². The number of hydrogen-bond acceptors (Lipinski definition) is 4. The third-order valence-corrected chi connectivity index (χ3v) is 3.82. The molecule has 1 amide bonds. The lowest BCUT2D eigenvalue weighted by Crippen LogP contribution is -2.13. The predicted octanol–water partition coefficient (Wildman–Crippen LogP) is 4.56. The van der Waals surface area contributed by atoms with E-state index in [1.807, 2.05) is 6.07 Å². The molecule has 0 saturated carbocycles. The summed E-state index contributed by atoms with van der Waals surface area (Å²) in [6, 6.07) is 11.6. The number of rotatable bonds is 5. The molecule has 0 spiro atoms. The van der Waals surface area contributed by atoms with Crippen molar-refractivity contribution >= 4 is 40.9 Å². The topological polar surface area (TPSA) is 71.3 Å². The Kier molecular flexibility index (Phi) is 6.29. The molecule has 2 aromatic carbocycles. The first kappa shape index (κ1) is 18.7. The van der Waals surface area contributed by atoms with E-state index in [2.05, 4.69) is 5.32 Å². The fourth-order valence-corrected chi connectivity index (χ4v) is 2.38. The maximum Gasteiger partial charge on any atom is 0.266 e. The first-order valence-corrected chi connectivity index (χ1v) is 7.84. The van der Waals surface area contributed by atoms with Crippen molar-refractivity contribution in [3.63, 3.8) is 0 Å². The Morgan fingerprint density at radius 3 is 2.48 bits per heavy atom. The minimum Gasteiger partial charge on any atom is -0.493 e. The number of hydrogen-bond donors (Lipinski definition) is 1. The molecular formula is C18H14Cl2N2O3. The number of halogens is 2. The van der Waals surface area contributed by atoms with Crippen LogP contribution in [0.25, 0.3) is 6.08 Å². The van der Waals surface area contributed by atoms with Crippen molar-refractivity contribution in [3.8, 4) is 17.6 Å². The van der Waals surface area contributed by atoms with Gasteiger partial charge in [-0.2, -0.15) is 5.26 Å². The Balaban J connectivity index is 2.29. The fraction of sp³-hybridized carbons (Fsp3) is 0.111. The van der Waals surface area contributed by atoms with Gasteiger partial charge >= 0.3 is 0 Å². The number of nitrogens with zero attached hydrogens (tertiary/aromatic N) is 1. The lowest BCUT2D eigenvalue weighted by atomic mass is 10.1. The highest BCUT2D eigenvalue weighted by molar-refractivity contribution is 6.36. The molecule has 0 fully saturated rings. The summed E-state index contributed by atoms with van der Waals surface area (Å²) in [5.74, 6) is 0.446. The van der Waals surface area contributed by atoms with Crippen molar-refractivity contribution in [2.45, 2.75) is 0 Å². The van der Waals surface area contributed by atoms with E-state index in [-0.39, 0.29) is 5.57 Å². The second-order valence-corrected chi connectivity index (χ2v) is 5.71. The number of methoxy groups -OCH3 is 2. The molecule has 1 N–H and O–H groups in total. The average Bonchev–Trinajstić information content (AvgIpc) is 2.62. The van der Waals surface area contributed by atoms with Crippen molar-refractivity contribution in [3.05, 3.63) is 57.6 Å². The van der Waals surface area contributed by atoms with E-state index in [1.165, 1.54) is 26.4 Å². The lowest BCUT2D eigenvalue weighted by Gasteiger charge is -2.09. The summed E-state index contributed by atoms with van der Waals surface area (Å²) in [5.41, 5.74) is 0.845. The van der Waals surface area contributed by atoms with Gasteiger partial charge in [-0.25, -0.2) is 0 Å². The van der Waals surface area contributed by atoms with Gasteiger partial charge in [0.1, 0.15) is 11.6 Å². The molecule has 2 rings (SSSR count). The Bertz CT molecular complexity index is 873. The molecule has 0 unspecified atom stereocenters. The van der Waals surface area contributed by atoms with Crippen molar-refractivity contribution < 1.29 is 14.3 Å². The van der Waals surface area contributed by atoms with Gasteiger partial charge in [0.15, 0.2) is 11.5 Å². The van der Waals surface area contributed by atoms with Crippen LogP contribution in [0, 0.1) is 11.3 Å². The fourth-order valence-electron chi connectivity index (χ4n) is 2.04. The molecule has 0 aromatic heterocycles. The Hall–Kier alpha value is -2.68. The first-order chi connectivity index (χ1) is 12.0. The van der Waals surface area contributed by atoms with Crippen LogP contribution < -0.4 is 14.8 Å². The van der Waals surface area contributed by atoms with E-state index in [0.717, 1.165) is 0 Å². The van der Waals surface area contributed by atoms with Crippen molar-refractivity contribution in [2.24, 2.45) is 0 Å². The van der Waals surface area contributed by atoms with Gasteiger partial charge in [-0.3, -0.25) is 4.79 Å². The zero-order valence-corrected chi connectivity index (χ0v) is 15.0. The summed E-state index contributed by atoms with van der Waals surface area (Å²) >= 11 is 11.9. The van der Waals surface area contributed by atoms with E-state index in [1.54, 1.807) is 30.3 Å². The summed E-state index contributed by atoms with van der Waals surface area (Å²) in [4.78, 5) is 12.3. The molecular weight excluding hydrogens is 363 g/mol. The monoisotopic (exact) mass is 376 g/mol. The molecule has 0 radical (unpaired) electrons. The molecule has 0 aliphatic heterocycles. The number of carbonyl (C=O) groups is 1. The maximum absolute atomic E-state index is 12.3. The lowest BCUT2D eigenvalue weighted by molar-refractivity contribution is -0.112. The third-order valence-electron chi connectivity index (χ3n) is 3.26. The van der Waals surface area contributed by atoms with Gasteiger partial charge in [0.05, 0.1) is 24.9 Å². The SMILES string of the molecule is COc1ccc(/C=C(/C#N)C(=O)Nc2cc(Cl)ccc2Cl)cc1OC. The zero-order valence-electron chi connectivity index (χ0n) is 13.5. The number of ether oxygens (including phenoxy) is 2. The summed E-state index contributed by atoms with van der Waals surface area (Å²) in [5, 5.41) is 12.6. The molecule has 0 bridgehead atoms. The zero-order chi connectivity index (χ0) is 18.4. The highest BCUT2D eigenvalue weighted by Crippen LogP contribution is 2.29. The molecule has 5 nitrogen and oxygen atoms in total. The van der Waals surface area contributed by atoms with E-state index in [0.29, 0.717) is 32.8 Å². The Morgan fingerprint density at radius 2 is 1.84 bits per heavy atom. The van der Waals surface area contributed by atoms with Crippen molar-refractivity contribution in [2.75, 3.05) is 19.5 Å². The smallest absolute Gasteiger partial charge is 0.266 e. The van der Waals surface area contributed by atoms with Gasteiger partial charge in [0.25, 0.3) is 5.91 Å². The summed E-state index contributed by atoms with van der Waals surface area (Å²) in [7, 11) is 3.03. The van der Waals surface area contributed by atoms with Gasteiger partial charge < -0.3 is 14.8 Å². The summed E-state index contributed by atoms with van der Waals surface area (Å²) in [6.07, 6.45) is 1.44. The normalized spacial score (nSPS) is 10.8. The largest absolute Gasteiger partial charge is 0.493 e. The molecule has 2 aromatic rings. The van der Waals surface area contributed by atoms with Gasteiger partial charge in [0.2, 0.25) is 0 Å². The molecule has 0 heterocycles. The number of anilines is 1. The van der Waals surface area contributed by atoms with E-state index < -0.39 is 5.91 Å². The van der Waals surface area contributed by atoms with Gasteiger partial charge in [-0.1, -0.05) is 29.3 Å². The molecule has 0 saturated heterocycles. The van der Waals surface area contributed by atoms with Crippen LogP contribution in [0.5, 0.6) is 11.5 Å². The van der Waals surface area contributed by atoms with Crippen LogP contribution in [0.3, 0.4) is 0 Å². The average molecular weight is 377 g/mol. The van der Waals surface area contributed by atoms with Crippen LogP contribution in [0.2, 0.25) is 10.0 Å². The third kappa shape index (κ3) is 4.66. The number of carbonyl (C=O) groups excluding carboxylic acids is 1. The van der Waals surface area contributed by atoms with E-state index >= 15 is 0 Å². The van der Waals surface area contributed by atoms with Gasteiger partial charge in [-0.15, -0.1) is 0 Å². The maximum atomic E-state index is 12.3. The molecule has 7 heteroatoms. The number of nitriles is 1. The number of amides is 1. The standard InChI is InChI=1S/C18H14Cl2N2O3/c1-24-16-6-3-11(8-17(16)25-2)7-12(10-21)18(23)22-15-9-13(19)4-5-14(15)20/h3-9H,1-2H3,(H,22,23)/b12-7-. The van der Waals surface area contributed by atoms with E-state index in [4.69, 9.17) is 32.7 Å². The van der Waals surface area contributed by atoms with Crippen LogP contribution in [-0.4, -0.2) is 20.1 Å².